The quantitative estimate of drug-likeness (QED) is 0.814. The fourth-order valence-electron chi connectivity index (χ4n) is 2.51. The average molecular weight is 308 g/mol. The second-order valence-corrected chi connectivity index (χ2v) is 6.18. The molecule has 1 aromatic heterocycles. The highest BCUT2D eigenvalue weighted by atomic mass is 32.1. The van der Waals surface area contributed by atoms with Crippen molar-refractivity contribution in [2.24, 2.45) is 5.92 Å². The van der Waals surface area contributed by atoms with Crippen LogP contribution >= 0.6 is 11.3 Å². The summed E-state index contributed by atoms with van der Waals surface area (Å²) in [7, 11) is 1.69. The first-order valence-electron chi connectivity index (χ1n) is 7.01. The summed E-state index contributed by atoms with van der Waals surface area (Å²) in [6.07, 6.45) is 4.56. The van der Waals surface area contributed by atoms with E-state index >= 15 is 0 Å². The van der Waals surface area contributed by atoms with Gasteiger partial charge in [-0.2, -0.15) is 0 Å². The first-order chi connectivity index (χ1) is 10.1. The van der Waals surface area contributed by atoms with Crippen LogP contribution < -0.4 is 5.32 Å². The standard InChI is InChI=1S/C15H20N2O3S/c1-16-15(20)12-4-6-17(7-5-12)9-13-8-11(10-21-13)2-3-14(18)19/h2-3,8,10,12H,4-7,9H2,1H3,(H,16,20)(H,18,19). The van der Waals surface area contributed by atoms with Crippen molar-refractivity contribution in [3.8, 4) is 0 Å². The lowest BCUT2D eigenvalue weighted by molar-refractivity contribution is -0.131. The molecular formula is C15H20N2O3S. The second kappa shape index (κ2) is 7.38. The number of rotatable bonds is 5. The Morgan fingerprint density at radius 3 is 2.81 bits per heavy atom. The van der Waals surface area contributed by atoms with Crippen LogP contribution in [0.1, 0.15) is 23.3 Å². The number of likely N-dealkylation sites (tertiary alicyclic amines) is 1. The Morgan fingerprint density at radius 2 is 2.19 bits per heavy atom. The largest absolute Gasteiger partial charge is 0.478 e. The topological polar surface area (TPSA) is 69.6 Å². The normalized spacial score (nSPS) is 17.2. The number of carboxylic acid groups (broad SMARTS) is 1. The third-order valence-corrected chi connectivity index (χ3v) is 4.62. The Balaban J connectivity index is 1.84. The Morgan fingerprint density at radius 1 is 1.48 bits per heavy atom. The molecule has 2 N–H and O–H groups in total. The third kappa shape index (κ3) is 4.68. The average Bonchev–Trinajstić information content (AvgIpc) is 2.92. The summed E-state index contributed by atoms with van der Waals surface area (Å²) in [6, 6.07) is 2.02. The number of hydrogen-bond donors (Lipinski definition) is 2. The molecule has 1 aromatic rings. The van der Waals surface area contributed by atoms with Crippen LogP contribution in [0.4, 0.5) is 0 Å². The Bertz CT molecular complexity index is 531. The fraction of sp³-hybridized carbons (Fsp3) is 0.467. The molecule has 114 valence electrons. The van der Waals surface area contributed by atoms with E-state index in [2.05, 4.69) is 10.2 Å². The van der Waals surface area contributed by atoms with Crippen molar-refractivity contribution in [2.75, 3.05) is 20.1 Å². The number of nitrogens with one attached hydrogen (secondary N) is 1. The van der Waals surface area contributed by atoms with Crippen LogP contribution in [0.3, 0.4) is 0 Å². The highest BCUT2D eigenvalue weighted by Crippen LogP contribution is 2.22. The molecule has 0 aromatic carbocycles. The molecule has 1 saturated heterocycles. The molecule has 2 heterocycles. The Hall–Kier alpha value is -1.66. The minimum absolute atomic E-state index is 0.142. The van der Waals surface area contributed by atoms with E-state index in [-0.39, 0.29) is 11.8 Å². The molecule has 1 fully saturated rings. The summed E-state index contributed by atoms with van der Waals surface area (Å²) in [5.41, 5.74) is 0.928. The lowest BCUT2D eigenvalue weighted by Crippen LogP contribution is -2.39. The smallest absolute Gasteiger partial charge is 0.328 e. The maximum absolute atomic E-state index is 11.6. The van der Waals surface area contributed by atoms with Crippen LogP contribution in [0, 0.1) is 5.92 Å². The summed E-state index contributed by atoms with van der Waals surface area (Å²) < 4.78 is 0. The predicted octanol–water partition coefficient (Wildman–Crippen LogP) is 1.80. The SMILES string of the molecule is CNC(=O)C1CCN(Cc2cc(C=CC(=O)O)cs2)CC1. The molecule has 2 rings (SSSR count). The van der Waals surface area contributed by atoms with Crippen molar-refractivity contribution in [1.82, 2.24) is 10.2 Å². The predicted molar refractivity (Wildman–Crippen MR) is 83.1 cm³/mol. The molecule has 1 aliphatic heterocycles. The number of thiophene rings is 1. The molecule has 0 unspecified atom stereocenters. The van der Waals surface area contributed by atoms with E-state index in [1.54, 1.807) is 24.5 Å². The first-order valence-corrected chi connectivity index (χ1v) is 7.89. The number of nitrogens with zero attached hydrogens (tertiary/aromatic N) is 1. The van der Waals surface area contributed by atoms with Crippen LogP contribution in [0.5, 0.6) is 0 Å². The molecule has 1 amide bonds. The van der Waals surface area contributed by atoms with E-state index in [0.717, 1.165) is 44.1 Å². The summed E-state index contributed by atoms with van der Waals surface area (Å²) in [5.74, 6) is -0.644. The van der Waals surface area contributed by atoms with Crippen molar-refractivity contribution < 1.29 is 14.7 Å². The van der Waals surface area contributed by atoms with Gasteiger partial charge < -0.3 is 10.4 Å². The van der Waals surface area contributed by atoms with Gasteiger partial charge in [-0.15, -0.1) is 11.3 Å². The van der Waals surface area contributed by atoms with Gasteiger partial charge >= 0.3 is 5.97 Å². The molecular weight excluding hydrogens is 288 g/mol. The zero-order valence-corrected chi connectivity index (χ0v) is 12.9. The lowest BCUT2D eigenvalue weighted by Gasteiger charge is -2.30. The van der Waals surface area contributed by atoms with E-state index in [0.29, 0.717) is 0 Å². The van der Waals surface area contributed by atoms with Gasteiger partial charge in [-0.1, -0.05) is 0 Å². The van der Waals surface area contributed by atoms with Gasteiger partial charge in [0.1, 0.15) is 0 Å². The molecule has 21 heavy (non-hydrogen) atoms. The zero-order chi connectivity index (χ0) is 15.2. The van der Waals surface area contributed by atoms with Crippen LogP contribution in [-0.4, -0.2) is 42.0 Å². The van der Waals surface area contributed by atoms with E-state index in [1.165, 1.54) is 4.88 Å². The number of hydrogen-bond acceptors (Lipinski definition) is 4. The number of piperidine rings is 1. The number of carbonyl (C=O) groups is 2. The molecule has 0 spiro atoms. The highest BCUT2D eigenvalue weighted by molar-refractivity contribution is 7.10. The zero-order valence-electron chi connectivity index (χ0n) is 12.0. The maximum Gasteiger partial charge on any atom is 0.328 e. The fourth-order valence-corrected chi connectivity index (χ4v) is 3.41. The van der Waals surface area contributed by atoms with E-state index in [4.69, 9.17) is 5.11 Å². The summed E-state index contributed by atoms with van der Waals surface area (Å²) >= 11 is 1.64. The van der Waals surface area contributed by atoms with Crippen LogP contribution in [-0.2, 0) is 16.1 Å². The number of carboxylic acids is 1. The number of aliphatic carboxylic acids is 1. The highest BCUT2D eigenvalue weighted by Gasteiger charge is 2.24. The molecule has 5 nitrogen and oxygen atoms in total. The monoisotopic (exact) mass is 308 g/mol. The van der Waals surface area contributed by atoms with Crippen LogP contribution in [0.2, 0.25) is 0 Å². The van der Waals surface area contributed by atoms with Gasteiger partial charge in [-0.05, 0) is 49.0 Å². The molecule has 0 atom stereocenters. The summed E-state index contributed by atoms with van der Waals surface area (Å²) in [5, 5.41) is 13.3. The maximum atomic E-state index is 11.6. The van der Waals surface area contributed by atoms with Gasteiger partial charge in [-0.3, -0.25) is 9.69 Å². The van der Waals surface area contributed by atoms with Gasteiger partial charge in [-0.25, -0.2) is 4.79 Å². The van der Waals surface area contributed by atoms with Crippen molar-refractivity contribution >= 4 is 29.3 Å². The molecule has 0 bridgehead atoms. The van der Waals surface area contributed by atoms with Crippen molar-refractivity contribution in [2.45, 2.75) is 19.4 Å². The van der Waals surface area contributed by atoms with Gasteiger partial charge in [0.15, 0.2) is 0 Å². The first kappa shape index (κ1) is 15.7. The number of amides is 1. The van der Waals surface area contributed by atoms with Crippen LogP contribution in [0.25, 0.3) is 6.08 Å². The minimum atomic E-state index is -0.931. The Kier molecular flexibility index (Phi) is 5.52. The molecule has 0 saturated carbocycles. The van der Waals surface area contributed by atoms with E-state index in [9.17, 15) is 9.59 Å². The number of carbonyl (C=O) groups excluding carboxylic acids is 1. The van der Waals surface area contributed by atoms with Gasteiger partial charge in [0.25, 0.3) is 0 Å². The van der Waals surface area contributed by atoms with Gasteiger partial charge in [0.05, 0.1) is 0 Å². The second-order valence-electron chi connectivity index (χ2n) is 5.18. The lowest BCUT2D eigenvalue weighted by atomic mass is 9.96. The van der Waals surface area contributed by atoms with Crippen molar-refractivity contribution in [3.63, 3.8) is 0 Å². The third-order valence-electron chi connectivity index (χ3n) is 3.68. The van der Waals surface area contributed by atoms with Gasteiger partial charge in [0, 0.05) is 30.5 Å². The minimum Gasteiger partial charge on any atom is -0.478 e. The Labute approximate surface area is 128 Å². The van der Waals surface area contributed by atoms with Crippen LogP contribution in [0.15, 0.2) is 17.5 Å². The molecule has 0 aliphatic carbocycles. The summed E-state index contributed by atoms with van der Waals surface area (Å²) in [4.78, 5) is 25.6. The van der Waals surface area contributed by atoms with Gasteiger partial charge in [0.2, 0.25) is 5.91 Å². The molecule has 1 aliphatic rings. The van der Waals surface area contributed by atoms with Crippen molar-refractivity contribution in [1.29, 1.82) is 0 Å². The molecule has 6 heteroatoms. The summed E-state index contributed by atoms with van der Waals surface area (Å²) in [6.45, 7) is 2.72. The molecule has 0 radical (unpaired) electrons. The van der Waals surface area contributed by atoms with E-state index in [1.807, 2.05) is 11.4 Å². The van der Waals surface area contributed by atoms with Crippen molar-refractivity contribution in [3.05, 3.63) is 28.0 Å². The van der Waals surface area contributed by atoms with E-state index < -0.39 is 5.97 Å².